The van der Waals surface area contributed by atoms with Gasteiger partial charge in [-0.15, -0.1) is 0 Å². The largest absolute Gasteiger partial charge is 0.466 e. The molecule has 2 heterocycles. The van der Waals surface area contributed by atoms with E-state index in [0.29, 0.717) is 19.6 Å². The second-order valence-corrected chi connectivity index (χ2v) is 4.51. The fraction of sp³-hybridized carbons (Fsp3) is 0.615. The fourth-order valence-electron chi connectivity index (χ4n) is 1.97. The quantitative estimate of drug-likeness (QED) is 0.806. The zero-order valence-electron chi connectivity index (χ0n) is 10.7. The van der Waals surface area contributed by atoms with Crippen LogP contribution >= 0.6 is 0 Å². The number of furan rings is 1. The average Bonchev–Trinajstić information content (AvgIpc) is 2.76. The highest BCUT2D eigenvalue weighted by Crippen LogP contribution is 2.06. The summed E-state index contributed by atoms with van der Waals surface area (Å²) in [6.07, 6.45) is 1.15. The van der Waals surface area contributed by atoms with Crippen LogP contribution in [0.1, 0.15) is 17.9 Å². The minimum atomic E-state index is 0.00427. The average molecular weight is 252 g/mol. The number of rotatable bonds is 5. The van der Waals surface area contributed by atoms with Gasteiger partial charge in [0.05, 0.1) is 19.1 Å². The number of amides is 1. The standard InChI is InChI=1S/C13H20N2O3/c1-10-2-3-11(18-10)4-5-15-13(16)8-12-9-14-6-7-17-12/h2-3,12,14H,4-9H2,1H3,(H,15,16). The molecule has 0 radical (unpaired) electrons. The van der Waals surface area contributed by atoms with Crippen LogP contribution in [0.5, 0.6) is 0 Å². The van der Waals surface area contributed by atoms with Crippen molar-refractivity contribution in [1.29, 1.82) is 0 Å². The predicted octanol–water partition coefficient (Wildman–Crippen LogP) is 0.625. The molecule has 1 unspecified atom stereocenters. The van der Waals surface area contributed by atoms with Crippen LogP contribution in [0.2, 0.25) is 0 Å². The van der Waals surface area contributed by atoms with Crippen molar-refractivity contribution in [2.24, 2.45) is 0 Å². The number of carbonyl (C=O) groups excluding carboxylic acids is 1. The molecule has 1 aromatic rings. The van der Waals surface area contributed by atoms with Gasteiger partial charge in [-0.25, -0.2) is 0 Å². The van der Waals surface area contributed by atoms with E-state index in [9.17, 15) is 4.79 Å². The number of aryl methyl sites for hydroxylation is 1. The Kier molecular flexibility index (Phi) is 4.78. The first kappa shape index (κ1) is 13.1. The second-order valence-electron chi connectivity index (χ2n) is 4.51. The molecule has 0 aliphatic carbocycles. The van der Waals surface area contributed by atoms with E-state index < -0.39 is 0 Å². The maximum Gasteiger partial charge on any atom is 0.222 e. The summed E-state index contributed by atoms with van der Waals surface area (Å²) in [7, 11) is 0. The normalized spacial score (nSPS) is 19.7. The number of carbonyl (C=O) groups is 1. The molecule has 1 aliphatic rings. The summed E-state index contributed by atoms with van der Waals surface area (Å²) in [6.45, 7) is 4.83. The Hall–Kier alpha value is -1.33. The van der Waals surface area contributed by atoms with E-state index in [-0.39, 0.29) is 12.0 Å². The van der Waals surface area contributed by atoms with Gasteiger partial charge in [0.15, 0.2) is 0 Å². The molecule has 0 saturated carbocycles. The van der Waals surface area contributed by atoms with Gasteiger partial charge < -0.3 is 19.8 Å². The van der Waals surface area contributed by atoms with E-state index in [1.165, 1.54) is 0 Å². The minimum absolute atomic E-state index is 0.00427. The third-order valence-corrected chi connectivity index (χ3v) is 2.91. The number of nitrogens with one attached hydrogen (secondary N) is 2. The van der Waals surface area contributed by atoms with Crippen LogP contribution in [0.15, 0.2) is 16.5 Å². The van der Waals surface area contributed by atoms with Crippen molar-refractivity contribution in [1.82, 2.24) is 10.6 Å². The molecule has 1 amide bonds. The lowest BCUT2D eigenvalue weighted by Gasteiger charge is -2.22. The third kappa shape index (κ3) is 4.16. The number of morpholine rings is 1. The van der Waals surface area contributed by atoms with Crippen LogP contribution in [-0.2, 0) is 16.0 Å². The lowest BCUT2D eigenvalue weighted by molar-refractivity contribution is -0.124. The van der Waals surface area contributed by atoms with Gasteiger partial charge in [0.1, 0.15) is 11.5 Å². The summed E-state index contributed by atoms with van der Waals surface area (Å²) < 4.78 is 10.9. The molecule has 5 nitrogen and oxygen atoms in total. The molecule has 0 spiro atoms. The second kappa shape index (κ2) is 6.56. The Balaban J connectivity index is 1.62. The van der Waals surface area contributed by atoms with Crippen LogP contribution in [0.25, 0.3) is 0 Å². The molecule has 2 rings (SSSR count). The summed E-state index contributed by atoms with van der Waals surface area (Å²) in [5.41, 5.74) is 0. The Morgan fingerprint density at radius 3 is 3.11 bits per heavy atom. The molecule has 0 bridgehead atoms. The maximum atomic E-state index is 11.7. The Morgan fingerprint density at radius 1 is 1.56 bits per heavy atom. The van der Waals surface area contributed by atoms with E-state index >= 15 is 0 Å². The highest BCUT2D eigenvalue weighted by atomic mass is 16.5. The van der Waals surface area contributed by atoms with Crippen molar-refractivity contribution in [3.8, 4) is 0 Å². The van der Waals surface area contributed by atoms with Gasteiger partial charge in [0.2, 0.25) is 5.91 Å². The molecule has 1 aliphatic heterocycles. The summed E-state index contributed by atoms with van der Waals surface area (Å²) in [5.74, 6) is 1.84. The monoisotopic (exact) mass is 252 g/mol. The number of hydrogen-bond acceptors (Lipinski definition) is 4. The topological polar surface area (TPSA) is 63.5 Å². The minimum Gasteiger partial charge on any atom is -0.466 e. The van der Waals surface area contributed by atoms with E-state index in [0.717, 1.165) is 31.0 Å². The SMILES string of the molecule is Cc1ccc(CCNC(=O)CC2CNCCO2)o1. The van der Waals surface area contributed by atoms with Crippen LogP contribution in [0.3, 0.4) is 0 Å². The molecule has 0 aromatic carbocycles. The van der Waals surface area contributed by atoms with Crippen molar-refractivity contribution in [3.63, 3.8) is 0 Å². The lowest BCUT2D eigenvalue weighted by Crippen LogP contribution is -2.41. The van der Waals surface area contributed by atoms with Crippen molar-refractivity contribution < 1.29 is 13.9 Å². The van der Waals surface area contributed by atoms with Gasteiger partial charge >= 0.3 is 0 Å². The molecule has 2 N–H and O–H groups in total. The van der Waals surface area contributed by atoms with Gasteiger partial charge in [-0.2, -0.15) is 0 Å². The van der Waals surface area contributed by atoms with E-state index in [4.69, 9.17) is 9.15 Å². The summed E-state index contributed by atoms with van der Waals surface area (Å²) in [4.78, 5) is 11.7. The van der Waals surface area contributed by atoms with Crippen molar-refractivity contribution in [2.45, 2.75) is 25.9 Å². The highest BCUT2D eigenvalue weighted by Gasteiger charge is 2.16. The first-order chi connectivity index (χ1) is 8.74. The van der Waals surface area contributed by atoms with E-state index in [1.807, 2.05) is 19.1 Å². The molecule has 1 atom stereocenters. The van der Waals surface area contributed by atoms with Crippen LogP contribution in [0, 0.1) is 6.92 Å². The lowest BCUT2D eigenvalue weighted by atomic mass is 10.2. The van der Waals surface area contributed by atoms with Gasteiger partial charge in [0, 0.05) is 26.1 Å². The van der Waals surface area contributed by atoms with Crippen molar-refractivity contribution in [3.05, 3.63) is 23.7 Å². The van der Waals surface area contributed by atoms with Gasteiger partial charge in [-0.05, 0) is 19.1 Å². The van der Waals surface area contributed by atoms with Gasteiger partial charge in [0.25, 0.3) is 0 Å². The molecule has 100 valence electrons. The molecular weight excluding hydrogens is 232 g/mol. The fourth-order valence-corrected chi connectivity index (χ4v) is 1.97. The third-order valence-electron chi connectivity index (χ3n) is 2.91. The Morgan fingerprint density at radius 2 is 2.44 bits per heavy atom. The van der Waals surface area contributed by atoms with Gasteiger partial charge in [-0.1, -0.05) is 0 Å². The van der Waals surface area contributed by atoms with E-state index in [2.05, 4.69) is 10.6 Å². The smallest absolute Gasteiger partial charge is 0.222 e. The summed E-state index contributed by atoms with van der Waals surface area (Å²) in [6, 6.07) is 3.87. The summed E-state index contributed by atoms with van der Waals surface area (Å²) in [5, 5.41) is 6.09. The van der Waals surface area contributed by atoms with Gasteiger partial charge in [-0.3, -0.25) is 4.79 Å². The van der Waals surface area contributed by atoms with Crippen molar-refractivity contribution >= 4 is 5.91 Å². The first-order valence-corrected chi connectivity index (χ1v) is 6.38. The first-order valence-electron chi connectivity index (χ1n) is 6.38. The molecule has 5 heteroatoms. The summed E-state index contributed by atoms with van der Waals surface area (Å²) >= 11 is 0. The Bertz CT molecular complexity index is 383. The predicted molar refractivity (Wildman–Crippen MR) is 67.4 cm³/mol. The zero-order chi connectivity index (χ0) is 12.8. The molecule has 1 fully saturated rings. The molecular formula is C13H20N2O3. The zero-order valence-corrected chi connectivity index (χ0v) is 10.7. The number of ether oxygens (including phenoxy) is 1. The Labute approximate surface area is 107 Å². The van der Waals surface area contributed by atoms with Crippen molar-refractivity contribution in [2.75, 3.05) is 26.2 Å². The number of hydrogen-bond donors (Lipinski definition) is 2. The van der Waals surface area contributed by atoms with Crippen LogP contribution < -0.4 is 10.6 Å². The van der Waals surface area contributed by atoms with E-state index in [1.54, 1.807) is 0 Å². The van der Waals surface area contributed by atoms with Crippen LogP contribution in [0.4, 0.5) is 0 Å². The molecule has 1 aromatic heterocycles. The molecule has 1 saturated heterocycles. The molecule has 18 heavy (non-hydrogen) atoms. The highest BCUT2D eigenvalue weighted by molar-refractivity contribution is 5.76. The van der Waals surface area contributed by atoms with Crippen LogP contribution in [-0.4, -0.2) is 38.3 Å². The maximum absolute atomic E-state index is 11.7.